The quantitative estimate of drug-likeness (QED) is 0.498. The van der Waals surface area contributed by atoms with E-state index in [9.17, 15) is 9.59 Å². The van der Waals surface area contributed by atoms with E-state index in [2.05, 4.69) is 18.8 Å². The normalized spacial score (nSPS) is 11.6. The molecule has 0 radical (unpaired) electrons. The summed E-state index contributed by atoms with van der Waals surface area (Å²) in [6.45, 7) is 12.7. The minimum Gasteiger partial charge on any atom is -0.443 e. The first kappa shape index (κ1) is 23.0. The first-order valence-corrected chi connectivity index (χ1v) is 8.83. The van der Waals surface area contributed by atoms with Crippen molar-refractivity contribution in [3.8, 4) is 11.8 Å². The number of imide groups is 1. The summed E-state index contributed by atoms with van der Waals surface area (Å²) in [5, 5.41) is 0. The lowest BCUT2D eigenvalue weighted by atomic mass is 10.2. The maximum atomic E-state index is 12.3. The van der Waals surface area contributed by atoms with Crippen molar-refractivity contribution in [2.75, 3.05) is 6.54 Å². The smallest absolute Gasteiger partial charge is 0.420 e. The number of rotatable bonds is 5. The second-order valence-corrected chi connectivity index (χ2v) is 7.75. The fourth-order valence-corrected chi connectivity index (χ4v) is 1.67. The van der Waals surface area contributed by atoms with Gasteiger partial charge in [-0.3, -0.25) is 0 Å². The second-order valence-electron chi connectivity index (χ2n) is 7.75. The number of hydrogen-bond acceptors (Lipinski definition) is 4. The summed E-state index contributed by atoms with van der Waals surface area (Å²) in [5.41, 5.74) is -1.39. The van der Waals surface area contributed by atoms with Crippen LogP contribution in [0.15, 0.2) is 12.2 Å². The van der Waals surface area contributed by atoms with E-state index >= 15 is 0 Å². The predicted molar refractivity (Wildman–Crippen MR) is 100 cm³/mol. The second kappa shape index (κ2) is 10.8. The van der Waals surface area contributed by atoms with Crippen molar-refractivity contribution in [1.82, 2.24) is 4.90 Å². The van der Waals surface area contributed by atoms with Crippen LogP contribution in [0.2, 0.25) is 0 Å². The molecule has 0 unspecified atom stereocenters. The Morgan fingerprint density at radius 3 is 1.92 bits per heavy atom. The minimum absolute atomic E-state index is 0.0491. The Hall–Kier alpha value is -1.96. The van der Waals surface area contributed by atoms with E-state index in [4.69, 9.17) is 9.47 Å². The molecule has 0 aliphatic carbocycles. The molecule has 25 heavy (non-hydrogen) atoms. The number of allylic oxidation sites excluding steroid dienone is 1. The van der Waals surface area contributed by atoms with Crippen molar-refractivity contribution in [3.63, 3.8) is 0 Å². The zero-order valence-corrected chi connectivity index (χ0v) is 16.8. The molecule has 0 aromatic carbocycles. The molecule has 142 valence electrons. The van der Waals surface area contributed by atoms with Gasteiger partial charge in [0.05, 0.1) is 6.54 Å². The fourth-order valence-electron chi connectivity index (χ4n) is 1.67. The molecule has 0 atom stereocenters. The third kappa shape index (κ3) is 13.1. The van der Waals surface area contributed by atoms with Gasteiger partial charge in [0.15, 0.2) is 0 Å². The van der Waals surface area contributed by atoms with E-state index in [0.717, 1.165) is 24.2 Å². The van der Waals surface area contributed by atoms with Gasteiger partial charge in [-0.15, -0.1) is 0 Å². The lowest BCUT2D eigenvalue weighted by Crippen LogP contribution is -2.43. The van der Waals surface area contributed by atoms with Crippen LogP contribution in [-0.4, -0.2) is 34.8 Å². The Kier molecular flexibility index (Phi) is 9.96. The van der Waals surface area contributed by atoms with Crippen molar-refractivity contribution in [2.24, 2.45) is 0 Å². The lowest BCUT2D eigenvalue weighted by Gasteiger charge is -2.27. The van der Waals surface area contributed by atoms with Gasteiger partial charge in [0.1, 0.15) is 11.2 Å². The predicted octanol–water partition coefficient (Wildman–Crippen LogP) is 5.30. The molecule has 0 heterocycles. The molecule has 0 aliphatic rings. The standard InChI is InChI=1S/C20H33NO4/c1-8-9-10-11-12-13-14-15-16-21(17(22)24-19(2,3)4)18(23)25-20(5,6)7/h14-15H,8-11,16H2,1-7H3/b15-14+. The molecule has 0 N–H and O–H groups in total. The number of hydrogen-bond donors (Lipinski definition) is 0. The van der Waals surface area contributed by atoms with E-state index in [1.54, 1.807) is 53.7 Å². The van der Waals surface area contributed by atoms with Gasteiger partial charge in [-0.25, -0.2) is 14.5 Å². The monoisotopic (exact) mass is 351 g/mol. The number of carbonyl (C=O) groups excluding carboxylic acids is 2. The molecule has 0 rings (SSSR count). The molecule has 0 aromatic heterocycles. The molecule has 0 fully saturated rings. The Morgan fingerprint density at radius 2 is 1.48 bits per heavy atom. The molecule has 0 aromatic rings. The molecule has 0 bridgehead atoms. The summed E-state index contributed by atoms with van der Waals surface area (Å²) in [6, 6.07) is 0. The lowest BCUT2D eigenvalue weighted by molar-refractivity contribution is 0.00374. The van der Waals surface area contributed by atoms with Gasteiger partial charge in [0.2, 0.25) is 0 Å². The van der Waals surface area contributed by atoms with Crippen LogP contribution in [0.5, 0.6) is 0 Å². The number of carbonyl (C=O) groups is 2. The maximum absolute atomic E-state index is 12.3. The molecule has 0 saturated heterocycles. The molecule has 0 aliphatic heterocycles. The average Bonchev–Trinajstić information content (AvgIpc) is 2.41. The zero-order valence-electron chi connectivity index (χ0n) is 16.8. The first-order chi connectivity index (χ1) is 11.5. The van der Waals surface area contributed by atoms with Gasteiger partial charge in [-0.1, -0.05) is 37.7 Å². The van der Waals surface area contributed by atoms with Crippen LogP contribution in [0.1, 0.15) is 74.1 Å². The topological polar surface area (TPSA) is 55.8 Å². The largest absolute Gasteiger partial charge is 0.443 e. The number of ether oxygens (including phenoxy) is 2. The summed E-state index contributed by atoms with van der Waals surface area (Å²) in [5.74, 6) is 5.95. The van der Waals surface area contributed by atoms with Gasteiger partial charge in [-0.05, 0) is 54.0 Å². The van der Waals surface area contributed by atoms with Gasteiger partial charge in [0, 0.05) is 6.42 Å². The van der Waals surface area contributed by atoms with Gasteiger partial charge >= 0.3 is 12.2 Å². The summed E-state index contributed by atoms with van der Waals surface area (Å²) < 4.78 is 10.5. The third-order valence-corrected chi connectivity index (χ3v) is 2.72. The highest BCUT2D eigenvalue weighted by molar-refractivity contribution is 5.88. The van der Waals surface area contributed by atoms with E-state index in [1.165, 1.54) is 6.42 Å². The minimum atomic E-state index is -0.734. The Morgan fingerprint density at radius 1 is 0.960 bits per heavy atom. The van der Waals surface area contributed by atoms with Crippen LogP contribution in [0.4, 0.5) is 9.59 Å². The average molecular weight is 351 g/mol. The molecule has 0 saturated carbocycles. The first-order valence-electron chi connectivity index (χ1n) is 8.83. The molecule has 5 nitrogen and oxygen atoms in total. The van der Waals surface area contributed by atoms with Crippen molar-refractivity contribution in [3.05, 3.63) is 12.2 Å². The van der Waals surface area contributed by atoms with Crippen LogP contribution < -0.4 is 0 Å². The van der Waals surface area contributed by atoms with Crippen LogP contribution in [-0.2, 0) is 9.47 Å². The van der Waals surface area contributed by atoms with Crippen molar-refractivity contribution in [2.45, 2.75) is 85.4 Å². The van der Waals surface area contributed by atoms with Gasteiger partial charge in [-0.2, -0.15) is 0 Å². The van der Waals surface area contributed by atoms with E-state index in [0.29, 0.717) is 0 Å². The molecule has 2 amide bonds. The van der Waals surface area contributed by atoms with E-state index in [1.807, 2.05) is 0 Å². The van der Waals surface area contributed by atoms with Crippen molar-refractivity contribution >= 4 is 12.2 Å². The molecular weight excluding hydrogens is 318 g/mol. The highest BCUT2D eigenvalue weighted by atomic mass is 16.6. The summed E-state index contributed by atoms with van der Waals surface area (Å²) in [4.78, 5) is 25.5. The summed E-state index contributed by atoms with van der Waals surface area (Å²) in [6.07, 6.45) is 6.10. The van der Waals surface area contributed by atoms with Gasteiger partial charge < -0.3 is 9.47 Å². The highest BCUT2D eigenvalue weighted by Crippen LogP contribution is 2.14. The van der Waals surface area contributed by atoms with Crippen molar-refractivity contribution in [1.29, 1.82) is 0 Å². The maximum Gasteiger partial charge on any atom is 0.420 e. The number of unbranched alkanes of at least 4 members (excludes halogenated alkanes) is 3. The Balaban J connectivity index is 4.84. The SMILES string of the molecule is CCCCCC#C/C=C/CN(C(=O)OC(C)(C)C)C(=O)OC(C)(C)C. The van der Waals surface area contributed by atoms with Crippen LogP contribution in [0, 0.1) is 11.8 Å². The number of nitrogens with zero attached hydrogens (tertiary/aromatic N) is 1. The fraction of sp³-hybridized carbons (Fsp3) is 0.700. The van der Waals surface area contributed by atoms with E-state index in [-0.39, 0.29) is 6.54 Å². The van der Waals surface area contributed by atoms with Crippen molar-refractivity contribution < 1.29 is 19.1 Å². The summed E-state index contributed by atoms with van der Waals surface area (Å²) >= 11 is 0. The summed E-state index contributed by atoms with van der Waals surface area (Å²) in [7, 11) is 0. The molecule has 5 heteroatoms. The van der Waals surface area contributed by atoms with Gasteiger partial charge in [0.25, 0.3) is 0 Å². The molecular formula is C20H33NO4. The molecule has 0 spiro atoms. The zero-order chi connectivity index (χ0) is 19.5. The Bertz CT molecular complexity index is 485. The van der Waals surface area contributed by atoms with Crippen LogP contribution >= 0.6 is 0 Å². The third-order valence-electron chi connectivity index (χ3n) is 2.72. The van der Waals surface area contributed by atoms with Crippen LogP contribution in [0.25, 0.3) is 0 Å². The highest BCUT2D eigenvalue weighted by Gasteiger charge is 2.30. The Labute approximate surface area is 152 Å². The van der Waals surface area contributed by atoms with Crippen LogP contribution in [0.3, 0.4) is 0 Å². The number of amides is 2. The van der Waals surface area contributed by atoms with E-state index < -0.39 is 23.4 Å².